The molecular formula is C20H19F3N3O+. The summed E-state index contributed by atoms with van der Waals surface area (Å²) in [6.45, 7) is 0. The number of aromatic amines is 1. The van der Waals surface area contributed by atoms with E-state index in [0.29, 0.717) is 11.5 Å². The van der Waals surface area contributed by atoms with E-state index in [9.17, 15) is 18.0 Å². The number of alkyl halides is 2. The Morgan fingerprint density at radius 3 is 2.52 bits per heavy atom. The second kappa shape index (κ2) is 6.72. The minimum absolute atomic E-state index is 0.211. The number of hydrogen-bond donors (Lipinski definition) is 2. The lowest BCUT2D eigenvalue weighted by Gasteiger charge is -2.28. The van der Waals surface area contributed by atoms with Crippen LogP contribution in [-0.2, 0) is 0 Å². The van der Waals surface area contributed by atoms with Crippen molar-refractivity contribution in [3.8, 4) is 11.3 Å². The van der Waals surface area contributed by atoms with Gasteiger partial charge in [0.25, 0.3) is 0 Å². The number of H-pyrrole nitrogens is 1. The SMILES string of the molecule is O=C(NC1CCC(F)(F)CC1)c1[nH]c(-c2ccc(F)cc2)c2cccc[n+]12. The Labute approximate surface area is 154 Å². The van der Waals surface area contributed by atoms with Crippen molar-refractivity contribution in [1.82, 2.24) is 10.3 Å². The Morgan fingerprint density at radius 1 is 1.11 bits per heavy atom. The molecule has 1 aromatic carbocycles. The minimum Gasteiger partial charge on any atom is -0.343 e. The summed E-state index contributed by atoms with van der Waals surface area (Å²) in [5, 5.41) is 2.85. The number of benzene rings is 1. The van der Waals surface area contributed by atoms with Gasteiger partial charge in [0.2, 0.25) is 5.92 Å². The molecule has 4 nitrogen and oxygen atoms in total. The van der Waals surface area contributed by atoms with E-state index in [-0.39, 0.29) is 43.4 Å². The van der Waals surface area contributed by atoms with E-state index in [1.807, 2.05) is 12.1 Å². The van der Waals surface area contributed by atoms with E-state index < -0.39 is 5.92 Å². The summed E-state index contributed by atoms with van der Waals surface area (Å²) < 4.78 is 41.6. The largest absolute Gasteiger partial charge is 0.351 e. The van der Waals surface area contributed by atoms with Crippen LogP contribution in [0.3, 0.4) is 0 Å². The van der Waals surface area contributed by atoms with Gasteiger partial charge in [-0.15, -0.1) is 0 Å². The molecule has 0 unspecified atom stereocenters. The molecule has 0 aliphatic heterocycles. The van der Waals surface area contributed by atoms with Gasteiger partial charge in [-0.05, 0) is 49.2 Å². The minimum atomic E-state index is -2.63. The first-order valence-corrected chi connectivity index (χ1v) is 8.90. The fraction of sp³-hybridized carbons (Fsp3) is 0.300. The summed E-state index contributed by atoms with van der Waals surface area (Å²) in [6, 6.07) is 11.2. The monoisotopic (exact) mass is 374 g/mol. The zero-order chi connectivity index (χ0) is 19.0. The molecule has 1 fully saturated rings. The normalized spacial score (nSPS) is 17.1. The molecule has 1 saturated carbocycles. The van der Waals surface area contributed by atoms with E-state index >= 15 is 0 Å². The molecule has 1 aliphatic rings. The van der Waals surface area contributed by atoms with E-state index in [1.165, 1.54) is 12.1 Å². The molecule has 0 saturated heterocycles. The van der Waals surface area contributed by atoms with Gasteiger partial charge in [-0.1, -0.05) is 6.07 Å². The summed E-state index contributed by atoms with van der Waals surface area (Å²) in [4.78, 5) is 15.9. The highest BCUT2D eigenvalue weighted by Gasteiger charge is 2.36. The number of nitrogens with one attached hydrogen (secondary N) is 2. The Balaban J connectivity index is 1.64. The Hall–Kier alpha value is -2.83. The van der Waals surface area contributed by atoms with Crippen molar-refractivity contribution in [3.05, 3.63) is 60.3 Å². The molecule has 7 heteroatoms. The van der Waals surface area contributed by atoms with Crippen molar-refractivity contribution in [2.45, 2.75) is 37.6 Å². The first-order valence-electron chi connectivity index (χ1n) is 8.90. The van der Waals surface area contributed by atoms with Gasteiger partial charge in [0.1, 0.15) is 5.82 Å². The van der Waals surface area contributed by atoms with Crippen LogP contribution < -0.4 is 9.72 Å². The van der Waals surface area contributed by atoms with Crippen molar-refractivity contribution < 1.29 is 22.4 Å². The van der Waals surface area contributed by atoms with Crippen LogP contribution in [0.25, 0.3) is 16.8 Å². The molecule has 2 N–H and O–H groups in total. The first kappa shape index (κ1) is 17.6. The number of amides is 1. The molecule has 2 aromatic heterocycles. The van der Waals surface area contributed by atoms with Crippen molar-refractivity contribution in [3.63, 3.8) is 0 Å². The quantitative estimate of drug-likeness (QED) is 0.672. The van der Waals surface area contributed by atoms with Crippen molar-refractivity contribution >= 4 is 11.4 Å². The molecule has 27 heavy (non-hydrogen) atoms. The maximum absolute atomic E-state index is 13.3. The third-order valence-corrected chi connectivity index (χ3v) is 5.00. The summed E-state index contributed by atoms with van der Waals surface area (Å²) in [5.41, 5.74) is 2.21. The summed E-state index contributed by atoms with van der Waals surface area (Å²) >= 11 is 0. The molecule has 0 spiro atoms. The highest BCUT2D eigenvalue weighted by atomic mass is 19.3. The molecule has 4 rings (SSSR count). The van der Waals surface area contributed by atoms with E-state index in [1.54, 1.807) is 28.8 Å². The van der Waals surface area contributed by atoms with Gasteiger partial charge in [0, 0.05) is 24.4 Å². The fourth-order valence-corrected chi connectivity index (χ4v) is 3.53. The second-order valence-electron chi connectivity index (χ2n) is 6.92. The Bertz CT molecular complexity index is 972. The van der Waals surface area contributed by atoms with Crippen LogP contribution >= 0.6 is 0 Å². The number of rotatable bonds is 3. The number of halogens is 3. The Morgan fingerprint density at radius 2 is 1.81 bits per heavy atom. The van der Waals surface area contributed by atoms with E-state index in [2.05, 4.69) is 10.3 Å². The zero-order valence-corrected chi connectivity index (χ0v) is 14.5. The zero-order valence-electron chi connectivity index (χ0n) is 14.5. The summed E-state index contributed by atoms with van der Waals surface area (Å²) in [5.74, 6) is -3.01. The van der Waals surface area contributed by atoms with Crippen molar-refractivity contribution in [1.29, 1.82) is 0 Å². The van der Waals surface area contributed by atoms with E-state index in [4.69, 9.17) is 0 Å². The van der Waals surface area contributed by atoms with Crippen molar-refractivity contribution in [2.75, 3.05) is 0 Å². The second-order valence-corrected chi connectivity index (χ2v) is 6.92. The number of imidazole rings is 1. The topological polar surface area (TPSA) is 49.0 Å². The molecule has 3 aromatic rings. The predicted octanol–water partition coefficient (Wildman–Crippen LogP) is 3.87. The Kier molecular flexibility index (Phi) is 4.37. The predicted molar refractivity (Wildman–Crippen MR) is 94.0 cm³/mol. The average Bonchev–Trinajstić information content (AvgIpc) is 3.04. The van der Waals surface area contributed by atoms with Crippen LogP contribution in [0.4, 0.5) is 13.2 Å². The number of carbonyl (C=O) groups excluding carboxylic acids is 1. The lowest BCUT2D eigenvalue weighted by molar-refractivity contribution is -0.513. The molecular weight excluding hydrogens is 355 g/mol. The fourth-order valence-electron chi connectivity index (χ4n) is 3.53. The van der Waals surface area contributed by atoms with E-state index in [0.717, 1.165) is 11.1 Å². The molecule has 2 heterocycles. The third-order valence-electron chi connectivity index (χ3n) is 5.00. The van der Waals surface area contributed by atoms with Crippen LogP contribution in [0.5, 0.6) is 0 Å². The number of hydrogen-bond acceptors (Lipinski definition) is 1. The first-order chi connectivity index (χ1) is 12.9. The summed E-state index contributed by atoms with van der Waals surface area (Å²) in [7, 11) is 0. The molecule has 0 bridgehead atoms. The van der Waals surface area contributed by atoms with Crippen LogP contribution in [0, 0.1) is 5.82 Å². The average molecular weight is 374 g/mol. The smallest absolute Gasteiger partial charge is 0.343 e. The highest BCUT2D eigenvalue weighted by Crippen LogP contribution is 2.33. The molecule has 0 radical (unpaired) electrons. The number of aromatic nitrogens is 2. The lowest BCUT2D eigenvalue weighted by Crippen LogP contribution is -2.43. The molecule has 1 aliphatic carbocycles. The van der Waals surface area contributed by atoms with Crippen LogP contribution in [0.2, 0.25) is 0 Å². The number of pyridine rings is 1. The van der Waals surface area contributed by atoms with Gasteiger partial charge in [0.15, 0.2) is 11.2 Å². The molecule has 0 atom stereocenters. The van der Waals surface area contributed by atoms with Gasteiger partial charge < -0.3 is 5.32 Å². The highest BCUT2D eigenvalue weighted by molar-refractivity contribution is 5.91. The molecule has 1 amide bonds. The molecule has 140 valence electrons. The van der Waals surface area contributed by atoms with Crippen LogP contribution in [0.15, 0.2) is 48.7 Å². The third kappa shape index (κ3) is 3.54. The summed E-state index contributed by atoms with van der Waals surface area (Å²) in [6.07, 6.45) is 1.84. The standard InChI is InChI=1S/C20H18F3N3O/c21-14-6-4-13(5-7-14)17-16-3-1-2-12-26(16)18(25-17)19(27)24-15-8-10-20(22,23)11-9-15/h1-7,12,15H,8-11H2,(H,24,27)/p+1. The van der Waals surface area contributed by atoms with Crippen LogP contribution in [0.1, 0.15) is 36.3 Å². The number of fused-ring (bicyclic) bond motifs is 1. The van der Waals surface area contributed by atoms with Crippen molar-refractivity contribution in [2.24, 2.45) is 0 Å². The number of carbonyl (C=O) groups is 1. The maximum atomic E-state index is 13.3. The van der Waals surface area contributed by atoms with Gasteiger partial charge in [-0.25, -0.2) is 18.2 Å². The lowest BCUT2D eigenvalue weighted by atomic mass is 9.92. The maximum Gasteiger partial charge on any atom is 0.351 e. The van der Waals surface area contributed by atoms with Gasteiger partial charge in [-0.3, -0.25) is 4.79 Å². The van der Waals surface area contributed by atoms with Gasteiger partial charge in [0.05, 0.1) is 6.20 Å². The van der Waals surface area contributed by atoms with Gasteiger partial charge >= 0.3 is 11.7 Å². The van der Waals surface area contributed by atoms with Gasteiger partial charge in [-0.2, -0.15) is 4.40 Å². The van der Waals surface area contributed by atoms with Crippen LogP contribution in [-0.4, -0.2) is 22.9 Å². The number of nitrogens with zero attached hydrogens (tertiary/aromatic N) is 1.